The van der Waals surface area contributed by atoms with Crippen LogP contribution in [0.2, 0.25) is 0 Å². The van der Waals surface area contributed by atoms with Crippen LogP contribution < -0.4 is 10.1 Å². The van der Waals surface area contributed by atoms with E-state index in [9.17, 15) is 9.59 Å². The third-order valence-corrected chi connectivity index (χ3v) is 4.42. The Bertz CT molecular complexity index is 954. The highest BCUT2D eigenvalue weighted by Gasteiger charge is 2.18. The van der Waals surface area contributed by atoms with Crippen LogP contribution in [-0.4, -0.2) is 35.2 Å². The summed E-state index contributed by atoms with van der Waals surface area (Å²) in [5.41, 5.74) is 2.20. The van der Waals surface area contributed by atoms with Crippen molar-refractivity contribution in [3.8, 4) is 17.0 Å². The number of hydrogen-bond donors (Lipinski definition) is 1. The summed E-state index contributed by atoms with van der Waals surface area (Å²) in [6.45, 7) is 2.05. The summed E-state index contributed by atoms with van der Waals surface area (Å²) in [6.07, 6.45) is 0. The molecular formula is C19H17N3O4S. The smallest absolute Gasteiger partial charge is 0.338 e. The standard InChI is InChI=1S/C19H17N3O4S/c1-3-26-19(24)12-7-9-14(10-8-12)20-18(23)17-16(21-22-27-17)13-5-4-6-15(11-13)25-2/h4-11H,3H2,1-2H3,(H,20,23). The van der Waals surface area contributed by atoms with Crippen LogP contribution in [-0.2, 0) is 4.74 Å². The number of amides is 1. The summed E-state index contributed by atoms with van der Waals surface area (Å²) in [5.74, 6) is -0.0598. The summed E-state index contributed by atoms with van der Waals surface area (Å²) < 4.78 is 14.1. The van der Waals surface area contributed by atoms with Crippen LogP contribution >= 0.6 is 11.5 Å². The van der Waals surface area contributed by atoms with Gasteiger partial charge in [-0.3, -0.25) is 4.79 Å². The van der Waals surface area contributed by atoms with Gasteiger partial charge in [0.25, 0.3) is 5.91 Å². The molecule has 0 unspecified atom stereocenters. The second-order valence-corrected chi connectivity index (χ2v) is 6.19. The molecule has 0 fully saturated rings. The Morgan fingerprint density at radius 3 is 2.63 bits per heavy atom. The minimum atomic E-state index is -0.401. The third-order valence-electron chi connectivity index (χ3n) is 3.69. The predicted molar refractivity (Wildman–Crippen MR) is 102 cm³/mol. The molecule has 1 aromatic heterocycles. The number of anilines is 1. The Hall–Kier alpha value is -3.26. The number of aromatic nitrogens is 2. The fourth-order valence-electron chi connectivity index (χ4n) is 2.39. The average molecular weight is 383 g/mol. The van der Waals surface area contributed by atoms with E-state index in [1.54, 1.807) is 44.4 Å². The molecule has 0 aliphatic rings. The van der Waals surface area contributed by atoms with Crippen molar-refractivity contribution in [2.24, 2.45) is 0 Å². The van der Waals surface area contributed by atoms with Crippen molar-refractivity contribution in [2.75, 3.05) is 19.0 Å². The monoisotopic (exact) mass is 383 g/mol. The first-order chi connectivity index (χ1) is 13.1. The molecule has 2 aromatic carbocycles. The molecule has 0 saturated carbocycles. The van der Waals surface area contributed by atoms with Crippen LogP contribution in [0.3, 0.4) is 0 Å². The summed E-state index contributed by atoms with van der Waals surface area (Å²) in [6, 6.07) is 13.7. The number of hydrogen-bond acceptors (Lipinski definition) is 7. The topological polar surface area (TPSA) is 90.4 Å². The fourth-order valence-corrected chi connectivity index (χ4v) is 2.97. The first-order valence-corrected chi connectivity index (χ1v) is 8.95. The molecule has 3 aromatic rings. The number of carbonyl (C=O) groups excluding carboxylic acids is 2. The molecule has 8 heteroatoms. The number of carbonyl (C=O) groups is 2. The Kier molecular flexibility index (Phi) is 5.77. The second-order valence-electron chi connectivity index (χ2n) is 5.43. The molecule has 0 aliphatic heterocycles. The highest BCUT2D eigenvalue weighted by Crippen LogP contribution is 2.27. The summed E-state index contributed by atoms with van der Waals surface area (Å²) >= 11 is 1.01. The Morgan fingerprint density at radius 1 is 1.15 bits per heavy atom. The molecule has 1 heterocycles. The SMILES string of the molecule is CCOC(=O)c1ccc(NC(=O)c2snnc2-c2cccc(OC)c2)cc1. The van der Waals surface area contributed by atoms with Crippen LogP contribution in [0, 0.1) is 0 Å². The Morgan fingerprint density at radius 2 is 1.93 bits per heavy atom. The van der Waals surface area contributed by atoms with Gasteiger partial charge in [-0.05, 0) is 54.9 Å². The van der Waals surface area contributed by atoms with Crippen LogP contribution in [0.1, 0.15) is 27.0 Å². The minimum absolute atomic E-state index is 0.308. The Labute approximate surface area is 160 Å². The number of methoxy groups -OCH3 is 1. The molecule has 7 nitrogen and oxygen atoms in total. The highest BCUT2D eigenvalue weighted by atomic mass is 32.1. The van der Waals surface area contributed by atoms with Gasteiger partial charge in [-0.1, -0.05) is 16.6 Å². The van der Waals surface area contributed by atoms with Gasteiger partial charge in [-0.2, -0.15) is 0 Å². The number of benzene rings is 2. The largest absolute Gasteiger partial charge is 0.497 e. The van der Waals surface area contributed by atoms with Gasteiger partial charge in [-0.15, -0.1) is 5.10 Å². The van der Waals surface area contributed by atoms with Gasteiger partial charge in [0.15, 0.2) is 0 Å². The number of nitrogens with zero attached hydrogens (tertiary/aromatic N) is 2. The summed E-state index contributed by atoms with van der Waals surface area (Å²) in [4.78, 5) is 24.7. The van der Waals surface area contributed by atoms with Gasteiger partial charge >= 0.3 is 5.97 Å². The molecule has 0 aliphatic carbocycles. The van der Waals surface area contributed by atoms with Gasteiger partial charge in [0.1, 0.15) is 16.3 Å². The number of esters is 1. The molecule has 0 atom stereocenters. The number of nitrogens with one attached hydrogen (secondary N) is 1. The first kappa shape index (κ1) is 18.5. The first-order valence-electron chi connectivity index (χ1n) is 8.17. The van der Waals surface area contributed by atoms with Gasteiger partial charge < -0.3 is 14.8 Å². The maximum Gasteiger partial charge on any atom is 0.338 e. The van der Waals surface area contributed by atoms with E-state index in [4.69, 9.17) is 9.47 Å². The van der Waals surface area contributed by atoms with Crippen molar-refractivity contribution in [3.63, 3.8) is 0 Å². The van der Waals surface area contributed by atoms with Crippen molar-refractivity contribution in [1.82, 2.24) is 9.59 Å². The van der Waals surface area contributed by atoms with Crippen LogP contribution in [0.4, 0.5) is 5.69 Å². The van der Waals surface area contributed by atoms with E-state index in [2.05, 4.69) is 14.9 Å². The minimum Gasteiger partial charge on any atom is -0.497 e. The lowest BCUT2D eigenvalue weighted by molar-refractivity contribution is 0.0526. The predicted octanol–water partition coefficient (Wildman–Crippen LogP) is 3.64. The van der Waals surface area contributed by atoms with Crippen molar-refractivity contribution >= 4 is 29.1 Å². The molecule has 138 valence electrons. The van der Waals surface area contributed by atoms with Crippen LogP contribution in [0.25, 0.3) is 11.3 Å². The molecule has 0 radical (unpaired) electrons. The molecule has 1 N–H and O–H groups in total. The second kappa shape index (κ2) is 8.41. The maximum absolute atomic E-state index is 12.6. The summed E-state index contributed by atoms with van der Waals surface area (Å²) in [5, 5.41) is 6.86. The van der Waals surface area contributed by atoms with Crippen LogP contribution in [0.15, 0.2) is 48.5 Å². The lowest BCUT2D eigenvalue weighted by atomic mass is 10.1. The van der Waals surface area contributed by atoms with E-state index in [-0.39, 0.29) is 5.91 Å². The fraction of sp³-hybridized carbons (Fsp3) is 0.158. The summed E-state index contributed by atoms with van der Waals surface area (Å²) in [7, 11) is 1.58. The molecular weight excluding hydrogens is 366 g/mol. The van der Waals surface area contributed by atoms with Crippen molar-refractivity contribution in [2.45, 2.75) is 6.92 Å². The quantitative estimate of drug-likeness (QED) is 0.654. The van der Waals surface area contributed by atoms with E-state index in [1.165, 1.54) is 0 Å². The van der Waals surface area contributed by atoms with Crippen molar-refractivity contribution < 1.29 is 19.1 Å². The zero-order chi connectivity index (χ0) is 19.2. The molecule has 27 heavy (non-hydrogen) atoms. The van der Waals surface area contributed by atoms with E-state index in [0.29, 0.717) is 34.2 Å². The van der Waals surface area contributed by atoms with E-state index in [0.717, 1.165) is 17.1 Å². The molecule has 1 amide bonds. The molecule has 3 rings (SSSR count). The zero-order valence-electron chi connectivity index (χ0n) is 14.8. The highest BCUT2D eigenvalue weighted by molar-refractivity contribution is 7.08. The molecule has 0 saturated heterocycles. The zero-order valence-corrected chi connectivity index (χ0v) is 15.6. The van der Waals surface area contributed by atoms with E-state index in [1.807, 2.05) is 18.2 Å². The van der Waals surface area contributed by atoms with Gasteiger partial charge in [0.05, 0.1) is 19.3 Å². The maximum atomic E-state index is 12.6. The number of ether oxygens (including phenoxy) is 2. The van der Waals surface area contributed by atoms with Crippen molar-refractivity contribution in [3.05, 3.63) is 59.0 Å². The average Bonchev–Trinajstić information content (AvgIpc) is 3.19. The molecule has 0 spiro atoms. The van der Waals surface area contributed by atoms with Gasteiger partial charge in [0.2, 0.25) is 0 Å². The lowest BCUT2D eigenvalue weighted by Gasteiger charge is -2.07. The van der Waals surface area contributed by atoms with Crippen molar-refractivity contribution in [1.29, 1.82) is 0 Å². The molecule has 0 bridgehead atoms. The lowest BCUT2D eigenvalue weighted by Crippen LogP contribution is -2.12. The van der Waals surface area contributed by atoms with Gasteiger partial charge in [-0.25, -0.2) is 4.79 Å². The third kappa shape index (κ3) is 4.29. The van der Waals surface area contributed by atoms with E-state index >= 15 is 0 Å². The normalized spacial score (nSPS) is 10.3. The number of rotatable bonds is 6. The van der Waals surface area contributed by atoms with Crippen LogP contribution in [0.5, 0.6) is 5.75 Å². The van der Waals surface area contributed by atoms with Gasteiger partial charge in [0, 0.05) is 11.3 Å². The Balaban J connectivity index is 1.77. The van der Waals surface area contributed by atoms with E-state index < -0.39 is 5.97 Å².